The van der Waals surface area contributed by atoms with Gasteiger partial charge in [-0.25, -0.2) is 0 Å². The molecule has 0 N–H and O–H groups in total. The van der Waals surface area contributed by atoms with E-state index < -0.39 is 0 Å². The van der Waals surface area contributed by atoms with E-state index in [-0.39, 0.29) is 6.29 Å². The Hall–Kier alpha value is -0.760. The summed E-state index contributed by atoms with van der Waals surface area (Å²) in [6, 6.07) is 0. The summed E-state index contributed by atoms with van der Waals surface area (Å²) in [5.74, 6) is 0. The molecule has 58 valence electrons. The SMILES string of the molecule is C=CCC(OC=C)OCC. The second kappa shape index (κ2) is 6.36. The zero-order valence-corrected chi connectivity index (χ0v) is 6.38. The second-order valence-electron chi connectivity index (χ2n) is 1.71. The van der Waals surface area contributed by atoms with Crippen LogP contribution in [0.2, 0.25) is 0 Å². The van der Waals surface area contributed by atoms with E-state index in [1.165, 1.54) is 6.26 Å². The number of rotatable bonds is 6. The Bertz CT molecular complexity index is 89.4. The molecular formula is C8H14O2. The Morgan fingerprint density at radius 2 is 2.20 bits per heavy atom. The van der Waals surface area contributed by atoms with Crippen molar-refractivity contribution in [3.05, 3.63) is 25.5 Å². The Morgan fingerprint density at radius 3 is 2.60 bits per heavy atom. The molecule has 0 aliphatic rings. The van der Waals surface area contributed by atoms with Gasteiger partial charge in [-0.2, -0.15) is 0 Å². The van der Waals surface area contributed by atoms with Crippen LogP contribution in [0.5, 0.6) is 0 Å². The first kappa shape index (κ1) is 9.24. The molecule has 0 rings (SSSR count). The Balaban J connectivity index is 3.48. The van der Waals surface area contributed by atoms with Crippen molar-refractivity contribution in [2.24, 2.45) is 0 Å². The minimum absolute atomic E-state index is 0.208. The zero-order valence-electron chi connectivity index (χ0n) is 6.38. The molecule has 0 heterocycles. The summed E-state index contributed by atoms with van der Waals surface area (Å²) in [6.07, 6.45) is 3.62. The molecule has 0 aromatic heterocycles. The van der Waals surface area contributed by atoms with Crippen molar-refractivity contribution in [1.29, 1.82) is 0 Å². The van der Waals surface area contributed by atoms with Gasteiger partial charge >= 0.3 is 0 Å². The Morgan fingerprint density at radius 1 is 1.50 bits per heavy atom. The summed E-state index contributed by atoms with van der Waals surface area (Å²) in [4.78, 5) is 0. The van der Waals surface area contributed by atoms with Crippen molar-refractivity contribution in [3.8, 4) is 0 Å². The van der Waals surface area contributed by atoms with Crippen LogP contribution in [-0.2, 0) is 9.47 Å². The maximum Gasteiger partial charge on any atom is 0.202 e. The largest absolute Gasteiger partial charge is 0.473 e. The first-order valence-electron chi connectivity index (χ1n) is 3.34. The number of ether oxygens (including phenoxy) is 2. The summed E-state index contributed by atoms with van der Waals surface area (Å²) < 4.78 is 10.2. The molecule has 0 amide bonds. The van der Waals surface area contributed by atoms with Crippen molar-refractivity contribution >= 4 is 0 Å². The number of hydrogen-bond donors (Lipinski definition) is 0. The van der Waals surface area contributed by atoms with Gasteiger partial charge in [0.05, 0.1) is 6.26 Å². The van der Waals surface area contributed by atoms with E-state index in [9.17, 15) is 0 Å². The van der Waals surface area contributed by atoms with Crippen molar-refractivity contribution in [3.63, 3.8) is 0 Å². The third kappa shape index (κ3) is 4.15. The summed E-state index contributed by atoms with van der Waals surface area (Å²) >= 11 is 0. The van der Waals surface area contributed by atoms with Crippen LogP contribution in [0.4, 0.5) is 0 Å². The van der Waals surface area contributed by atoms with Crippen LogP contribution in [-0.4, -0.2) is 12.9 Å². The second-order valence-corrected chi connectivity index (χ2v) is 1.71. The first-order chi connectivity index (χ1) is 4.85. The van der Waals surface area contributed by atoms with Gasteiger partial charge in [0.25, 0.3) is 0 Å². The highest BCUT2D eigenvalue weighted by atomic mass is 16.7. The molecule has 2 nitrogen and oxygen atoms in total. The topological polar surface area (TPSA) is 18.5 Å². The fraction of sp³-hybridized carbons (Fsp3) is 0.500. The van der Waals surface area contributed by atoms with E-state index in [1.807, 2.05) is 6.92 Å². The molecule has 0 bridgehead atoms. The molecule has 0 saturated heterocycles. The van der Waals surface area contributed by atoms with Crippen LogP contribution in [0.1, 0.15) is 13.3 Å². The van der Waals surface area contributed by atoms with Crippen LogP contribution in [0.3, 0.4) is 0 Å². The van der Waals surface area contributed by atoms with Gasteiger partial charge in [0.2, 0.25) is 6.29 Å². The molecule has 0 aliphatic carbocycles. The van der Waals surface area contributed by atoms with E-state index in [2.05, 4.69) is 13.2 Å². The highest BCUT2D eigenvalue weighted by Crippen LogP contribution is 2.00. The van der Waals surface area contributed by atoms with Crippen LogP contribution in [0.25, 0.3) is 0 Å². The van der Waals surface area contributed by atoms with E-state index >= 15 is 0 Å². The molecule has 1 unspecified atom stereocenters. The third-order valence-corrected chi connectivity index (χ3v) is 0.960. The molecule has 1 atom stereocenters. The molecule has 0 spiro atoms. The molecule has 0 radical (unpaired) electrons. The maximum absolute atomic E-state index is 5.16. The lowest BCUT2D eigenvalue weighted by atomic mass is 10.4. The van der Waals surface area contributed by atoms with Crippen LogP contribution in [0, 0.1) is 0 Å². The van der Waals surface area contributed by atoms with Crippen LogP contribution < -0.4 is 0 Å². The summed E-state index contributed by atoms with van der Waals surface area (Å²) in [7, 11) is 0. The van der Waals surface area contributed by atoms with Gasteiger partial charge in [-0.1, -0.05) is 12.7 Å². The molecule has 0 aromatic rings. The van der Waals surface area contributed by atoms with E-state index in [0.717, 1.165) is 0 Å². The molecule has 0 aliphatic heterocycles. The molecule has 0 aromatic carbocycles. The minimum atomic E-state index is -0.208. The van der Waals surface area contributed by atoms with E-state index in [1.54, 1.807) is 6.08 Å². The van der Waals surface area contributed by atoms with Crippen LogP contribution >= 0.6 is 0 Å². The molecule has 0 saturated carbocycles. The molecule has 0 fully saturated rings. The van der Waals surface area contributed by atoms with Crippen molar-refractivity contribution in [2.45, 2.75) is 19.6 Å². The fourth-order valence-corrected chi connectivity index (χ4v) is 0.592. The monoisotopic (exact) mass is 142 g/mol. The van der Waals surface area contributed by atoms with Crippen molar-refractivity contribution in [2.75, 3.05) is 6.61 Å². The van der Waals surface area contributed by atoms with Crippen LogP contribution in [0.15, 0.2) is 25.5 Å². The summed E-state index contributed by atoms with van der Waals surface area (Å²) in [6.45, 7) is 9.56. The van der Waals surface area contributed by atoms with Gasteiger partial charge in [-0.3, -0.25) is 0 Å². The predicted molar refractivity (Wildman–Crippen MR) is 41.5 cm³/mol. The maximum atomic E-state index is 5.16. The average Bonchev–Trinajstić information content (AvgIpc) is 1.90. The lowest BCUT2D eigenvalue weighted by Crippen LogP contribution is -2.12. The van der Waals surface area contributed by atoms with E-state index in [0.29, 0.717) is 13.0 Å². The number of hydrogen-bond acceptors (Lipinski definition) is 2. The smallest absolute Gasteiger partial charge is 0.202 e. The standard InChI is InChI=1S/C8H14O2/c1-4-7-8(9-5-2)10-6-3/h4-5,8H,1-2,6-7H2,3H3. The molecule has 2 heteroatoms. The van der Waals surface area contributed by atoms with Gasteiger partial charge in [0.15, 0.2) is 0 Å². The quantitative estimate of drug-likeness (QED) is 0.321. The minimum Gasteiger partial charge on any atom is -0.473 e. The van der Waals surface area contributed by atoms with Gasteiger partial charge in [-0.15, -0.1) is 6.58 Å². The summed E-state index contributed by atoms with van der Waals surface area (Å²) in [5.41, 5.74) is 0. The zero-order chi connectivity index (χ0) is 7.82. The van der Waals surface area contributed by atoms with Crippen molar-refractivity contribution in [1.82, 2.24) is 0 Å². The first-order valence-corrected chi connectivity index (χ1v) is 3.34. The highest BCUT2D eigenvalue weighted by molar-refractivity contribution is 4.69. The summed E-state index contributed by atoms with van der Waals surface area (Å²) in [5, 5.41) is 0. The lowest BCUT2D eigenvalue weighted by Gasteiger charge is -2.13. The molecule has 10 heavy (non-hydrogen) atoms. The van der Waals surface area contributed by atoms with Gasteiger partial charge in [0.1, 0.15) is 0 Å². The normalized spacial score (nSPS) is 12.1. The Kier molecular flexibility index (Phi) is 5.88. The predicted octanol–water partition coefficient (Wildman–Crippen LogP) is 2.09. The van der Waals surface area contributed by atoms with Crippen molar-refractivity contribution < 1.29 is 9.47 Å². The highest BCUT2D eigenvalue weighted by Gasteiger charge is 2.02. The van der Waals surface area contributed by atoms with Gasteiger partial charge in [0, 0.05) is 13.0 Å². The van der Waals surface area contributed by atoms with Gasteiger partial charge < -0.3 is 9.47 Å². The fourth-order valence-electron chi connectivity index (χ4n) is 0.592. The van der Waals surface area contributed by atoms with E-state index in [4.69, 9.17) is 9.47 Å². The molecular weight excluding hydrogens is 128 g/mol. The Labute approximate surface area is 62.1 Å². The lowest BCUT2D eigenvalue weighted by molar-refractivity contribution is -0.0984. The van der Waals surface area contributed by atoms with Gasteiger partial charge in [-0.05, 0) is 6.92 Å². The average molecular weight is 142 g/mol. The third-order valence-electron chi connectivity index (χ3n) is 0.960.